The van der Waals surface area contributed by atoms with Gasteiger partial charge in [0, 0.05) is 17.8 Å². The molecule has 5 nitrogen and oxygen atoms in total. The first-order valence-electron chi connectivity index (χ1n) is 5.16. The molecule has 1 heterocycles. The summed E-state index contributed by atoms with van der Waals surface area (Å²) in [6.45, 7) is 0.611. The Bertz CT molecular complexity index is 549. The first kappa shape index (κ1) is 13.1. The van der Waals surface area contributed by atoms with Gasteiger partial charge in [0.2, 0.25) is 5.95 Å². The van der Waals surface area contributed by atoms with Gasteiger partial charge in [-0.1, -0.05) is 23.7 Å². The number of nitrogens with one attached hydrogen (secondary N) is 2. The third-order valence-corrected chi connectivity index (χ3v) is 3.04. The number of nitrogens with two attached hydrogens (primary N) is 1. The minimum atomic E-state index is 0.354. The maximum atomic E-state index is 5.92. The summed E-state index contributed by atoms with van der Waals surface area (Å²) in [7, 11) is 0. The van der Waals surface area contributed by atoms with Crippen molar-refractivity contribution in [3.8, 4) is 0 Å². The first-order valence-corrected chi connectivity index (χ1v) is 6.33. The van der Waals surface area contributed by atoms with E-state index in [4.69, 9.17) is 17.4 Å². The van der Waals surface area contributed by atoms with Gasteiger partial charge in [-0.05, 0) is 33.6 Å². The SMILES string of the molecule is NNc1ncc(Br)c(NCc2cccc(Cl)c2)n1. The van der Waals surface area contributed by atoms with E-state index >= 15 is 0 Å². The Kier molecular flexibility index (Phi) is 4.35. The molecule has 0 aliphatic rings. The van der Waals surface area contributed by atoms with E-state index in [1.807, 2.05) is 24.3 Å². The van der Waals surface area contributed by atoms with Gasteiger partial charge in [-0.3, -0.25) is 5.43 Å². The van der Waals surface area contributed by atoms with Crippen molar-refractivity contribution in [3.05, 3.63) is 45.5 Å². The van der Waals surface area contributed by atoms with Crippen LogP contribution in [0.3, 0.4) is 0 Å². The molecule has 0 aliphatic heterocycles. The standard InChI is InChI=1S/C11H11BrClN5/c12-9-6-16-11(18-14)17-10(9)15-5-7-2-1-3-8(13)4-7/h1-4,6H,5,14H2,(H2,15,16,17,18). The average molecular weight is 329 g/mol. The van der Waals surface area contributed by atoms with E-state index in [1.54, 1.807) is 6.20 Å². The van der Waals surface area contributed by atoms with Gasteiger partial charge in [-0.15, -0.1) is 0 Å². The Balaban J connectivity index is 2.10. The minimum absolute atomic E-state index is 0.354. The van der Waals surface area contributed by atoms with Crippen LogP contribution in [0, 0.1) is 0 Å². The molecule has 0 fully saturated rings. The molecule has 0 radical (unpaired) electrons. The van der Waals surface area contributed by atoms with Crippen LogP contribution in [0.15, 0.2) is 34.9 Å². The van der Waals surface area contributed by atoms with Crippen molar-refractivity contribution in [2.24, 2.45) is 5.84 Å². The Morgan fingerprint density at radius 1 is 1.39 bits per heavy atom. The van der Waals surface area contributed by atoms with Gasteiger partial charge in [0.15, 0.2) is 0 Å². The summed E-state index contributed by atoms with van der Waals surface area (Å²) in [6.07, 6.45) is 1.63. The molecule has 4 N–H and O–H groups in total. The second-order valence-electron chi connectivity index (χ2n) is 3.52. The van der Waals surface area contributed by atoms with Crippen LogP contribution in [0.25, 0.3) is 0 Å². The largest absolute Gasteiger partial charge is 0.365 e. The highest BCUT2D eigenvalue weighted by atomic mass is 79.9. The van der Waals surface area contributed by atoms with E-state index in [0.717, 1.165) is 10.0 Å². The third-order valence-electron chi connectivity index (χ3n) is 2.22. The molecule has 2 aromatic rings. The number of halogens is 2. The van der Waals surface area contributed by atoms with Crippen molar-refractivity contribution in [2.45, 2.75) is 6.54 Å². The maximum Gasteiger partial charge on any atom is 0.239 e. The summed E-state index contributed by atoms with van der Waals surface area (Å²) in [5.41, 5.74) is 3.46. The Morgan fingerprint density at radius 2 is 2.22 bits per heavy atom. The summed E-state index contributed by atoms with van der Waals surface area (Å²) in [5.74, 6) is 6.28. The van der Waals surface area contributed by atoms with E-state index in [-0.39, 0.29) is 0 Å². The van der Waals surface area contributed by atoms with Crippen LogP contribution in [0.5, 0.6) is 0 Å². The number of rotatable bonds is 4. The molecule has 94 valence electrons. The van der Waals surface area contributed by atoms with Crippen LogP contribution in [-0.4, -0.2) is 9.97 Å². The van der Waals surface area contributed by atoms with Gasteiger partial charge in [-0.25, -0.2) is 10.8 Å². The Labute approximate surface area is 118 Å². The highest BCUT2D eigenvalue weighted by Gasteiger charge is 2.04. The summed E-state index contributed by atoms with van der Waals surface area (Å²) in [4.78, 5) is 8.16. The molecule has 18 heavy (non-hydrogen) atoms. The van der Waals surface area contributed by atoms with Crippen molar-refractivity contribution in [1.29, 1.82) is 0 Å². The molecule has 0 aliphatic carbocycles. The number of benzene rings is 1. The quantitative estimate of drug-likeness (QED) is 0.594. The topological polar surface area (TPSA) is 75.9 Å². The van der Waals surface area contributed by atoms with Crippen LogP contribution < -0.4 is 16.6 Å². The lowest BCUT2D eigenvalue weighted by Gasteiger charge is -2.09. The number of aromatic nitrogens is 2. The highest BCUT2D eigenvalue weighted by molar-refractivity contribution is 9.10. The summed E-state index contributed by atoms with van der Waals surface area (Å²) < 4.78 is 0.767. The smallest absolute Gasteiger partial charge is 0.239 e. The van der Waals surface area contributed by atoms with Gasteiger partial charge in [0.25, 0.3) is 0 Å². The molecule has 1 aromatic carbocycles. The van der Waals surface area contributed by atoms with Crippen LogP contribution in [0.2, 0.25) is 5.02 Å². The van der Waals surface area contributed by atoms with E-state index < -0.39 is 0 Å². The predicted molar refractivity (Wildman–Crippen MR) is 76.3 cm³/mol. The molecular weight excluding hydrogens is 318 g/mol. The third kappa shape index (κ3) is 3.32. The molecule has 0 bridgehead atoms. The molecule has 1 aromatic heterocycles. The monoisotopic (exact) mass is 327 g/mol. The molecular formula is C11H11BrClN5. The fourth-order valence-corrected chi connectivity index (χ4v) is 1.94. The van der Waals surface area contributed by atoms with Crippen molar-refractivity contribution in [3.63, 3.8) is 0 Å². The first-order chi connectivity index (χ1) is 8.69. The summed E-state index contributed by atoms with van der Waals surface area (Å²) >= 11 is 9.28. The van der Waals surface area contributed by atoms with Crippen molar-refractivity contribution in [1.82, 2.24) is 9.97 Å². The number of hydrogen-bond acceptors (Lipinski definition) is 5. The molecule has 0 amide bonds. The van der Waals surface area contributed by atoms with Crippen LogP contribution >= 0.6 is 27.5 Å². The number of anilines is 2. The second kappa shape index (κ2) is 5.99. The highest BCUT2D eigenvalue weighted by Crippen LogP contribution is 2.21. The van der Waals surface area contributed by atoms with Gasteiger partial charge >= 0.3 is 0 Å². The number of hydrazine groups is 1. The number of nitrogen functional groups attached to an aromatic ring is 1. The second-order valence-corrected chi connectivity index (χ2v) is 4.81. The zero-order valence-corrected chi connectivity index (χ0v) is 11.7. The Hall–Kier alpha value is -1.37. The molecule has 0 unspecified atom stereocenters. The minimum Gasteiger partial charge on any atom is -0.365 e. The van der Waals surface area contributed by atoms with Crippen molar-refractivity contribution < 1.29 is 0 Å². The van der Waals surface area contributed by atoms with Gasteiger partial charge < -0.3 is 5.32 Å². The lowest BCUT2D eigenvalue weighted by Crippen LogP contribution is -2.12. The van der Waals surface area contributed by atoms with Gasteiger partial charge in [0.1, 0.15) is 5.82 Å². The molecule has 2 rings (SSSR count). The molecule has 0 spiro atoms. The van der Waals surface area contributed by atoms with Crippen LogP contribution in [0.1, 0.15) is 5.56 Å². The predicted octanol–water partition coefficient (Wildman–Crippen LogP) is 2.79. The van der Waals surface area contributed by atoms with Gasteiger partial charge in [0.05, 0.1) is 4.47 Å². The van der Waals surface area contributed by atoms with Crippen molar-refractivity contribution in [2.75, 3.05) is 10.7 Å². The number of nitrogens with zero attached hydrogens (tertiary/aromatic N) is 2. The van der Waals surface area contributed by atoms with E-state index in [9.17, 15) is 0 Å². The molecule has 0 saturated carbocycles. The average Bonchev–Trinajstić information content (AvgIpc) is 2.38. The fraction of sp³-hybridized carbons (Fsp3) is 0.0909. The molecule has 0 atom stereocenters. The van der Waals surface area contributed by atoms with E-state index in [2.05, 4.69) is 36.6 Å². The Morgan fingerprint density at radius 3 is 2.94 bits per heavy atom. The zero-order valence-electron chi connectivity index (χ0n) is 9.32. The molecule has 7 heteroatoms. The summed E-state index contributed by atoms with van der Waals surface area (Å²) in [6, 6.07) is 7.62. The van der Waals surface area contributed by atoms with Crippen molar-refractivity contribution >= 4 is 39.3 Å². The zero-order chi connectivity index (χ0) is 13.0. The van der Waals surface area contributed by atoms with Crippen LogP contribution in [0.4, 0.5) is 11.8 Å². The lowest BCUT2D eigenvalue weighted by molar-refractivity contribution is 1.06. The summed E-state index contributed by atoms with van der Waals surface area (Å²) in [5, 5.41) is 3.89. The van der Waals surface area contributed by atoms with Gasteiger partial charge in [-0.2, -0.15) is 4.98 Å². The normalized spacial score (nSPS) is 10.2. The lowest BCUT2D eigenvalue weighted by atomic mass is 10.2. The number of hydrogen-bond donors (Lipinski definition) is 3. The fourth-order valence-electron chi connectivity index (χ4n) is 1.39. The maximum absolute atomic E-state index is 5.92. The van der Waals surface area contributed by atoms with E-state index in [1.165, 1.54) is 0 Å². The van der Waals surface area contributed by atoms with E-state index in [0.29, 0.717) is 23.3 Å². The van der Waals surface area contributed by atoms with Crippen LogP contribution in [-0.2, 0) is 6.54 Å². The molecule has 0 saturated heterocycles.